The van der Waals surface area contributed by atoms with Gasteiger partial charge in [-0.25, -0.2) is 19.2 Å². The number of carbonyl (C=O) groups is 4. The molecule has 0 N–H and O–H groups in total. The van der Waals surface area contributed by atoms with E-state index in [0.717, 1.165) is 0 Å². The number of hydrogen-bond acceptors (Lipinski definition) is 15. The van der Waals surface area contributed by atoms with E-state index in [1.165, 1.54) is 12.1 Å². The smallest absolute Gasteiger partial charge is 0.338 e. The van der Waals surface area contributed by atoms with Crippen molar-refractivity contribution in [2.24, 2.45) is 0 Å². The van der Waals surface area contributed by atoms with Crippen LogP contribution < -0.4 is 0 Å². The maximum Gasteiger partial charge on any atom is 0.338 e. The Kier molecular flexibility index (Phi) is 12.1. The molecule has 0 aromatic heterocycles. The van der Waals surface area contributed by atoms with Crippen LogP contribution in [0.3, 0.4) is 0 Å². The molecule has 0 unspecified atom stereocenters. The van der Waals surface area contributed by atoms with Crippen molar-refractivity contribution in [3.8, 4) is 0 Å². The lowest BCUT2D eigenvalue weighted by atomic mass is 9.99. The normalized spacial score (nSPS) is 29.4. The van der Waals surface area contributed by atoms with Gasteiger partial charge in [-0.3, -0.25) is 0 Å². The molecule has 4 aliphatic rings. The van der Waals surface area contributed by atoms with Gasteiger partial charge in [-0.1, -0.05) is 72.8 Å². The summed E-state index contributed by atoms with van der Waals surface area (Å²) < 4.78 is 68.8. The third kappa shape index (κ3) is 9.38. The predicted molar refractivity (Wildman–Crippen MR) is 211 cm³/mol. The Labute approximate surface area is 352 Å². The van der Waals surface area contributed by atoms with E-state index in [2.05, 4.69) is 0 Å². The van der Waals surface area contributed by atoms with Crippen molar-refractivity contribution in [3.63, 3.8) is 0 Å². The van der Waals surface area contributed by atoms with Crippen molar-refractivity contribution in [3.05, 3.63) is 144 Å². The quantitative estimate of drug-likeness (QED) is 0.119. The first-order valence-corrected chi connectivity index (χ1v) is 19.9. The molecule has 8 rings (SSSR count). The molecule has 320 valence electrons. The van der Waals surface area contributed by atoms with Crippen LogP contribution in [0.25, 0.3) is 0 Å². The van der Waals surface area contributed by atoms with Crippen LogP contribution in [0.4, 0.5) is 0 Å². The molecule has 0 spiro atoms. The number of esters is 4. The van der Waals surface area contributed by atoms with Gasteiger partial charge >= 0.3 is 23.9 Å². The van der Waals surface area contributed by atoms with Crippen LogP contribution in [0.15, 0.2) is 121 Å². The molecule has 0 amide bonds. The predicted octanol–water partition coefficient (Wildman–Crippen LogP) is 5.66. The van der Waals surface area contributed by atoms with Crippen LogP contribution >= 0.6 is 0 Å². The summed E-state index contributed by atoms with van der Waals surface area (Å²) in [5.74, 6) is -7.42. The number of carbonyl (C=O) groups excluding carboxylic acids is 4. The zero-order valence-corrected chi connectivity index (χ0v) is 33.9. The first kappa shape index (κ1) is 42.2. The van der Waals surface area contributed by atoms with Crippen LogP contribution in [0, 0.1) is 0 Å². The summed E-state index contributed by atoms with van der Waals surface area (Å²) in [5, 5.41) is 0. The van der Waals surface area contributed by atoms with Gasteiger partial charge in [0.05, 0.1) is 28.9 Å². The minimum absolute atomic E-state index is 0.147. The van der Waals surface area contributed by atoms with E-state index in [4.69, 9.17) is 52.1 Å². The van der Waals surface area contributed by atoms with Gasteiger partial charge in [-0.15, -0.1) is 0 Å². The Morgan fingerprint density at radius 3 is 1.51 bits per heavy atom. The fraction of sp³-hybridized carbons (Fsp3) is 0.391. The highest BCUT2D eigenvalue weighted by atomic mass is 16.9. The van der Waals surface area contributed by atoms with Gasteiger partial charge in [-0.05, 0) is 76.2 Å². The second-order valence-electron chi connectivity index (χ2n) is 15.8. The average molecular weight is 839 g/mol. The van der Waals surface area contributed by atoms with Crippen LogP contribution in [0.1, 0.15) is 69.1 Å². The summed E-state index contributed by atoms with van der Waals surface area (Å²) in [6.07, 6.45) is -8.42. The molecule has 4 fully saturated rings. The molecule has 0 aliphatic carbocycles. The Morgan fingerprint density at radius 1 is 0.492 bits per heavy atom. The molecule has 0 saturated carbocycles. The highest BCUT2D eigenvalue weighted by Gasteiger charge is 2.64. The van der Waals surface area contributed by atoms with Crippen LogP contribution in [-0.2, 0) is 52.1 Å². The highest BCUT2D eigenvalue weighted by Crippen LogP contribution is 2.45. The van der Waals surface area contributed by atoms with Crippen molar-refractivity contribution in [1.82, 2.24) is 0 Å². The molecule has 15 nitrogen and oxygen atoms in total. The lowest BCUT2D eigenvalue weighted by Crippen LogP contribution is -2.58. The molecule has 4 heterocycles. The molecule has 4 aromatic rings. The third-order valence-electron chi connectivity index (χ3n) is 10.5. The summed E-state index contributed by atoms with van der Waals surface area (Å²) in [4.78, 5) is 54.9. The lowest BCUT2D eigenvalue weighted by Gasteiger charge is -2.39. The van der Waals surface area contributed by atoms with E-state index in [1.54, 1.807) is 137 Å². The van der Waals surface area contributed by atoms with Gasteiger partial charge < -0.3 is 52.1 Å². The first-order valence-electron chi connectivity index (χ1n) is 19.9. The average Bonchev–Trinajstić information content (AvgIpc) is 3.88. The molecule has 4 aromatic carbocycles. The maximum absolute atomic E-state index is 14.1. The highest BCUT2D eigenvalue weighted by molar-refractivity contribution is 5.91. The summed E-state index contributed by atoms with van der Waals surface area (Å²) in [6.45, 7) is 5.45. The molecular weight excluding hydrogens is 792 g/mol. The Hall–Kier alpha value is -5.52. The fourth-order valence-electron chi connectivity index (χ4n) is 7.75. The zero-order valence-electron chi connectivity index (χ0n) is 33.9. The second-order valence-corrected chi connectivity index (χ2v) is 15.8. The number of benzene rings is 4. The van der Waals surface area contributed by atoms with Crippen LogP contribution in [0.2, 0.25) is 0 Å². The number of ether oxygens (including phenoxy) is 11. The number of rotatable bonds is 13. The van der Waals surface area contributed by atoms with Gasteiger partial charge in [0.25, 0.3) is 0 Å². The summed E-state index contributed by atoms with van der Waals surface area (Å²) >= 11 is 0. The Morgan fingerprint density at radius 2 is 0.951 bits per heavy atom. The topological polar surface area (TPSA) is 170 Å². The largest absolute Gasteiger partial charge is 0.459 e. The van der Waals surface area contributed by atoms with E-state index < -0.39 is 103 Å². The Bertz CT molecular complexity index is 2170. The lowest BCUT2D eigenvalue weighted by molar-refractivity contribution is -0.303. The van der Waals surface area contributed by atoms with Crippen molar-refractivity contribution in [1.29, 1.82) is 0 Å². The number of fused-ring (bicyclic) bond motifs is 3. The molecule has 4 saturated heterocycles. The fourth-order valence-corrected chi connectivity index (χ4v) is 7.75. The zero-order chi connectivity index (χ0) is 42.8. The number of hydrogen-bond donors (Lipinski definition) is 0. The molecule has 0 bridgehead atoms. The monoisotopic (exact) mass is 838 g/mol. The maximum atomic E-state index is 14.1. The minimum Gasteiger partial charge on any atom is -0.459 e. The van der Waals surface area contributed by atoms with E-state index >= 15 is 0 Å². The van der Waals surface area contributed by atoms with E-state index in [-0.39, 0.29) is 28.9 Å². The van der Waals surface area contributed by atoms with Crippen molar-refractivity contribution in [2.75, 3.05) is 19.8 Å². The molecule has 4 aliphatic heterocycles. The summed E-state index contributed by atoms with van der Waals surface area (Å²) in [7, 11) is 0. The van der Waals surface area contributed by atoms with Gasteiger partial charge in [-0.2, -0.15) is 0 Å². The molecule has 61 heavy (non-hydrogen) atoms. The van der Waals surface area contributed by atoms with Gasteiger partial charge in [0, 0.05) is 0 Å². The van der Waals surface area contributed by atoms with E-state index in [9.17, 15) is 19.2 Å². The minimum atomic E-state index is -2.24. The van der Waals surface area contributed by atoms with Crippen molar-refractivity contribution < 1.29 is 71.3 Å². The second kappa shape index (κ2) is 17.5. The Balaban J connectivity index is 1.18. The van der Waals surface area contributed by atoms with Crippen molar-refractivity contribution >= 4 is 23.9 Å². The van der Waals surface area contributed by atoms with E-state index in [1.807, 2.05) is 0 Å². The third-order valence-corrected chi connectivity index (χ3v) is 10.5. The summed E-state index contributed by atoms with van der Waals surface area (Å²) in [5.41, 5.74) is 0.769. The van der Waals surface area contributed by atoms with Gasteiger partial charge in [0.2, 0.25) is 5.79 Å². The molecule has 15 heteroatoms. The summed E-state index contributed by atoms with van der Waals surface area (Å²) in [6, 6.07) is 32.7. The van der Waals surface area contributed by atoms with Gasteiger partial charge in [0.15, 0.2) is 30.1 Å². The molecular formula is C46H46O15. The van der Waals surface area contributed by atoms with E-state index in [0.29, 0.717) is 0 Å². The first-order chi connectivity index (χ1) is 29.3. The van der Waals surface area contributed by atoms with Gasteiger partial charge in [0.1, 0.15) is 43.7 Å². The van der Waals surface area contributed by atoms with Crippen LogP contribution in [-0.4, -0.2) is 110 Å². The SMILES string of the molecule is CC1(C)O[C@H]2[C@@H](O1)[C@@H](CO[C@@]1(COC(=O)c3ccccc3)O[C@H](COC(=O)c3ccccc3)[C@@H](OC(=O)c3ccccc3)[C@@H]1OC(=O)c1ccccc1)O[C@@H]1OC(C)(C)O[C@@H]12. The standard InChI is InChI=1S/C46H46O15/c1-44(2)58-34-32(54-43-37(36(34)59-44)60-45(3,4)61-43)26-53-46(27-52-40(48)29-19-11-6-12-20-29)38(56-42(50)31-23-15-8-16-24-31)35(55-41(49)30-21-13-7-14-22-30)33(57-46)25-51-39(47)28-17-9-5-10-18-28/h5-24,32-38,43H,25-27H2,1-4H3/t32-,33-,34+,35-,36+,37-,38+,43-,46+/m1/s1. The molecule has 0 radical (unpaired) electrons. The van der Waals surface area contributed by atoms with Crippen molar-refractivity contribution in [2.45, 2.75) is 94.1 Å². The van der Waals surface area contributed by atoms with Crippen LogP contribution in [0.5, 0.6) is 0 Å². The molecule has 9 atom stereocenters.